The first-order valence-corrected chi connectivity index (χ1v) is 7.80. The zero-order chi connectivity index (χ0) is 18.0. The van der Waals surface area contributed by atoms with Crippen LogP contribution in [-0.2, 0) is 9.59 Å². The summed E-state index contributed by atoms with van der Waals surface area (Å²) in [5.41, 5.74) is 0.0542. The molecule has 1 unspecified atom stereocenters. The Hall–Kier alpha value is -1.66. The lowest BCUT2D eigenvalue weighted by atomic mass is 9.92. The van der Waals surface area contributed by atoms with Gasteiger partial charge in [0.25, 0.3) is 0 Å². The van der Waals surface area contributed by atoms with Gasteiger partial charge in [-0.05, 0) is 53.0 Å². The van der Waals surface area contributed by atoms with Crippen LogP contribution in [0.4, 0.5) is 0 Å². The van der Waals surface area contributed by atoms with E-state index in [1.54, 1.807) is 0 Å². The minimum atomic E-state index is -1.12. The fourth-order valence-corrected chi connectivity index (χ4v) is 2.05. The summed E-state index contributed by atoms with van der Waals surface area (Å²) in [6, 6.07) is 0. The van der Waals surface area contributed by atoms with E-state index in [4.69, 9.17) is 10.2 Å². The molecule has 1 atom stereocenters. The molecule has 0 aromatic carbocycles. The normalized spacial score (nSPS) is 13.7. The van der Waals surface area contributed by atoms with Crippen LogP contribution in [-0.4, -0.2) is 45.9 Å². The maximum Gasteiger partial charge on any atom is 0.331 e. The Morgan fingerprint density at radius 3 is 2.22 bits per heavy atom. The molecule has 0 radical (unpaired) electrons. The van der Waals surface area contributed by atoms with Crippen LogP contribution in [0, 0.1) is 5.92 Å². The first-order chi connectivity index (χ1) is 10.6. The summed E-state index contributed by atoms with van der Waals surface area (Å²) in [6.07, 6.45) is 3.30. The van der Waals surface area contributed by atoms with Crippen molar-refractivity contribution in [3.05, 3.63) is 23.8 Å². The third kappa shape index (κ3) is 9.86. The van der Waals surface area contributed by atoms with Gasteiger partial charge in [0, 0.05) is 29.2 Å². The molecule has 0 aliphatic rings. The number of carboxylic acid groups (broad SMARTS) is 2. The standard InChI is InChI=1S/C17H29NO5/c1-12(15(20)21)13(8-9-18-17(2,3)4)11-14(16(22)23)7-5-6-10-19/h11,13,18-19H,1,5-10H2,2-4H3,(H,20,21)(H,22,23). The number of nitrogens with one attached hydrogen (secondary N) is 1. The van der Waals surface area contributed by atoms with Crippen LogP contribution in [0.3, 0.4) is 0 Å². The maximum atomic E-state index is 11.3. The summed E-state index contributed by atoms with van der Waals surface area (Å²) in [4.78, 5) is 22.5. The summed E-state index contributed by atoms with van der Waals surface area (Å²) < 4.78 is 0. The third-order valence-corrected chi connectivity index (χ3v) is 3.36. The topological polar surface area (TPSA) is 107 Å². The van der Waals surface area contributed by atoms with Gasteiger partial charge in [-0.1, -0.05) is 12.7 Å². The summed E-state index contributed by atoms with van der Waals surface area (Å²) in [5, 5.41) is 30.5. The van der Waals surface area contributed by atoms with E-state index in [-0.39, 0.29) is 23.3 Å². The minimum absolute atomic E-state index is 0.00760. The summed E-state index contributed by atoms with van der Waals surface area (Å²) >= 11 is 0. The summed E-state index contributed by atoms with van der Waals surface area (Å²) in [6.45, 7) is 10.1. The molecule has 0 spiro atoms. The van der Waals surface area contributed by atoms with Crippen LogP contribution in [0.2, 0.25) is 0 Å². The molecule has 6 heteroatoms. The monoisotopic (exact) mass is 327 g/mol. The van der Waals surface area contributed by atoms with Crippen LogP contribution in [0.5, 0.6) is 0 Å². The lowest BCUT2D eigenvalue weighted by Gasteiger charge is -2.22. The van der Waals surface area contributed by atoms with E-state index in [2.05, 4.69) is 11.9 Å². The number of aliphatic hydroxyl groups is 1. The predicted octanol–water partition coefficient (Wildman–Crippen LogP) is 2.20. The van der Waals surface area contributed by atoms with E-state index < -0.39 is 17.9 Å². The molecular weight excluding hydrogens is 298 g/mol. The second kappa shape index (κ2) is 10.2. The molecule has 6 nitrogen and oxygen atoms in total. The Morgan fingerprint density at radius 1 is 1.17 bits per heavy atom. The zero-order valence-corrected chi connectivity index (χ0v) is 14.3. The number of allylic oxidation sites excluding steroid dienone is 1. The van der Waals surface area contributed by atoms with E-state index in [1.165, 1.54) is 6.08 Å². The smallest absolute Gasteiger partial charge is 0.331 e. The van der Waals surface area contributed by atoms with Crippen molar-refractivity contribution in [2.24, 2.45) is 5.92 Å². The number of hydrogen-bond donors (Lipinski definition) is 4. The maximum absolute atomic E-state index is 11.3. The molecule has 4 N–H and O–H groups in total. The molecule has 0 bridgehead atoms. The number of aliphatic carboxylic acids is 2. The Bertz CT molecular complexity index is 448. The summed E-state index contributed by atoms with van der Waals surface area (Å²) in [5.74, 6) is -2.72. The van der Waals surface area contributed by atoms with E-state index in [1.807, 2.05) is 20.8 Å². The average molecular weight is 327 g/mol. The fourth-order valence-electron chi connectivity index (χ4n) is 2.05. The zero-order valence-electron chi connectivity index (χ0n) is 14.3. The van der Waals surface area contributed by atoms with Gasteiger partial charge in [-0.3, -0.25) is 0 Å². The van der Waals surface area contributed by atoms with Crippen molar-refractivity contribution in [1.82, 2.24) is 5.32 Å². The van der Waals surface area contributed by atoms with Gasteiger partial charge < -0.3 is 20.6 Å². The minimum Gasteiger partial charge on any atom is -0.478 e. The quantitative estimate of drug-likeness (QED) is 0.342. The highest BCUT2D eigenvalue weighted by Crippen LogP contribution is 2.20. The molecule has 0 saturated carbocycles. The van der Waals surface area contributed by atoms with Gasteiger partial charge in [0.1, 0.15) is 0 Å². The van der Waals surface area contributed by atoms with Crippen molar-refractivity contribution in [3.63, 3.8) is 0 Å². The molecule has 0 aromatic heterocycles. The second-order valence-electron chi connectivity index (χ2n) is 6.58. The molecule has 23 heavy (non-hydrogen) atoms. The van der Waals surface area contributed by atoms with E-state index in [0.717, 1.165) is 0 Å². The van der Waals surface area contributed by atoms with Gasteiger partial charge in [0.05, 0.1) is 0 Å². The Morgan fingerprint density at radius 2 is 1.78 bits per heavy atom. The van der Waals surface area contributed by atoms with Crippen LogP contribution in [0.15, 0.2) is 23.8 Å². The number of unbranched alkanes of at least 4 members (excludes halogenated alkanes) is 1. The van der Waals surface area contributed by atoms with Gasteiger partial charge in [0.2, 0.25) is 0 Å². The molecule has 0 amide bonds. The van der Waals surface area contributed by atoms with Crippen molar-refractivity contribution < 1.29 is 24.9 Å². The van der Waals surface area contributed by atoms with Crippen molar-refractivity contribution in [2.45, 2.75) is 52.0 Å². The van der Waals surface area contributed by atoms with Crippen LogP contribution >= 0.6 is 0 Å². The lowest BCUT2D eigenvalue weighted by Crippen LogP contribution is -2.37. The highest BCUT2D eigenvalue weighted by atomic mass is 16.4. The third-order valence-electron chi connectivity index (χ3n) is 3.36. The number of hydrogen-bond acceptors (Lipinski definition) is 4. The molecule has 0 rings (SSSR count). The average Bonchev–Trinajstić information content (AvgIpc) is 2.42. The Balaban J connectivity index is 5.06. The van der Waals surface area contributed by atoms with Crippen LogP contribution < -0.4 is 5.32 Å². The van der Waals surface area contributed by atoms with Gasteiger partial charge >= 0.3 is 11.9 Å². The lowest BCUT2D eigenvalue weighted by molar-refractivity contribution is -0.134. The van der Waals surface area contributed by atoms with Gasteiger partial charge in [-0.15, -0.1) is 0 Å². The Kier molecular flexibility index (Phi) is 9.44. The molecule has 0 aliphatic carbocycles. The first-order valence-electron chi connectivity index (χ1n) is 7.80. The molecule has 0 heterocycles. The number of rotatable bonds is 11. The van der Waals surface area contributed by atoms with Crippen molar-refractivity contribution >= 4 is 11.9 Å². The second-order valence-corrected chi connectivity index (χ2v) is 6.58. The van der Waals surface area contributed by atoms with Crippen LogP contribution in [0.25, 0.3) is 0 Å². The molecule has 0 saturated heterocycles. The van der Waals surface area contributed by atoms with Crippen molar-refractivity contribution in [2.75, 3.05) is 13.2 Å². The highest BCUT2D eigenvalue weighted by molar-refractivity contribution is 5.89. The molecule has 0 fully saturated rings. The van der Waals surface area contributed by atoms with Crippen molar-refractivity contribution in [1.29, 1.82) is 0 Å². The van der Waals surface area contributed by atoms with E-state index in [0.29, 0.717) is 32.2 Å². The molecule has 132 valence electrons. The van der Waals surface area contributed by atoms with Gasteiger partial charge in [0.15, 0.2) is 0 Å². The van der Waals surface area contributed by atoms with E-state index in [9.17, 15) is 14.7 Å². The first kappa shape index (κ1) is 21.3. The molecule has 0 aromatic rings. The number of aliphatic hydroxyl groups excluding tert-OH is 1. The predicted molar refractivity (Wildman–Crippen MR) is 89.3 cm³/mol. The van der Waals surface area contributed by atoms with Gasteiger partial charge in [-0.2, -0.15) is 0 Å². The molecule has 0 aliphatic heterocycles. The van der Waals surface area contributed by atoms with E-state index >= 15 is 0 Å². The summed E-state index contributed by atoms with van der Waals surface area (Å²) in [7, 11) is 0. The van der Waals surface area contributed by atoms with Crippen LogP contribution in [0.1, 0.15) is 46.5 Å². The van der Waals surface area contributed by atoms with Gasteiger partial charge in [-0.25, -0.2) is 9.59 Å². The van der Waals surface area contributed by atoms with Crippen molar-refractivity contribution in [3.8, 4) is 0 Å². The number of carbonyl (C=O) groups is 2. The Labute approximate surface area is 137 Å². The highest BCUT2D eigenvalue weighted by Gasteiger charge is 2.20. The fraction of sp³-hybridized carbons (Fsp3) is 0.647. The molecular formula is C17H29NO5. The SMILES string of the molecule is C=C(C(=O)O)C(C=C(CCCCO)C(=O)O)CCNC(C)(C)C. The largest absolute Gasteiger partial charge is 0.478 e. The number of carboxylic acids is 2.